The second kappa shape index (κ2) is 8.01. The summed E-state index contributed by atoms with van der Waals surface area (Å²) in [5.41, 5.74) is 3.80. The zero-order valence-corrected chi connectivity index (χ0v) is 15.4. The Bertz CT molecular complexity index is 719. The monoisotopic (exact) mass is 337 g/mol. The molecule has 1 N–H and O–H groups in total. The zero-order chi connectivity index (χ0) is 17.6. The Kier molecular flexibility index (Phi) is 5.53. The molecule has 5 heteroatoms. The maximum atomic E-state index is 4.59. The van der Waals surface area contributed by atoms with E-state index in [2.05, 4.69) is 75.3 Å². The molecule has 1 aromatic heterocycles. The van der Waals surface area contributed by atoms with Gasteiger partial charge in [-0.2, -0.15) is 0 Å². The van der Waals surface area contributed by atoms with Crippen LogP contribution in [0, 0.1) is 0 Å². The normalized spacial score (nSPS) is 13.7. The summed E-state index contributed by atoms with van der Waals surface area (Å²) in [7, 11) is 1.84. The van der Waals surface area contributed by atoms with Gasteiger partial charge in [0.1, 0.15) is 5.82 Å². The Morgan fingerprint density at radius 1 is 1.20 bits per heavy atom. The number of fused-ring (bicyclic) bond motifs is 1. The number of pyridine rings is 1. The molecule has 0 aliphatic carbocycles. The van der Waals surface area contributed by atoms with E-state index < -0.39 is 0 Å². The Labute approximate surface area is 150 Å². The first-order valence-electron chi connectivity index (χ1n) is 9.02. The van der Waals surface area contributed by atoms with Crippen LogP contribution in [0.5, 0.6) is 0 Å². The summed E-state index contributed by atoms with van der Waals surface area (Å²) in [6.45, 7) is 7.94. The molecule has 1 aliphatic rings. The highest BCUT2D eigenvalue weighted by molar-refractivity contribution is 5.97. The minimum absolute atomic E-state index is 0.719. The smallest absolute Gasteiger partial charge is 0.198 e. The third-order valence-electron chi connectivity index (χ3n) is 4.70. The largest absolute Gasteiger partial charge is 0.357 e. The lowest BCUT2D eigenvalue weighted by Gasteiger charge is -2.23. The fourth-order valence-electron chi connectivity index (χ4n) is 3.29. The summed E-state index contributed by atoms with van der Waals surface area (Å²) >= 11 is 0. The molecule has 1 aromatic carbocycles. The fraction of sp³-hybridized carbons (Fsp3) is 0.400. The van der Waals surface area contributed by atoms with Crippen LogP contribution in [0.3, 0.4) is 0 Å². The maximum Gasteiger partial charge on any atom is 0.198 e. The van der Waals surface area contributed by atoms with Gasteiger partial charge in [-0.05, 0) is 43.5 Å². The van der Waals surface area contributed by atoms with Gasteiger partial charge in [0.15, 0.2) is 5.96 Å². The molecule has 3 rings (SSSR count). The highest BCUT2D eigenvalue weighted by Gasteiger charge is 2.22. The minimum Gasteiger partial charge on any atom is -0.357 e. The second-order valence-corrected chi connectivity index (χ2v) is 6.13. The van der Waals surface area contributed by atoms with Crippen molar-refractivity contribution in [2.24, 2.45) is 4.99 Å². The summed E-state index contributed by atoms with van der Waals surface area (Å²) < 4.78 is 0. The number of nitrogens with one attached hydrogen (secondary N) is 1. The molecule has 0 amide bonds. The molecule has 0 saturated heterocycles. The first kappa shape index (κ1) is 17.3. The molecule has 2 heterocycles. The van der Waals surface area contributed by atoms with Crippen molar-refractivity contribution in [3.63, 3.8) is 0 Å². The first-order chi connectivity index (χ1) is 12.3. The van der Waals surface area contributed by atoms with Gasteiger partial charge >= 0.3 is 0 Å². The van der Waals surface area contributed by atoms with Gasteiger partial charge < -0.3 is 15.1 Å². The third-order valence-corrected chi connectivity index (χ3v) is 4.70. The number of aromatic nitrogens is 1. The molecule has 0 unspecified atom stereocenters. The SMILES string of the molecule is CCN(CC)c1ccc(CNC(=NC)N2CCc3ccccc32)cn1. The van der Waals surface area contributed by atoms with Crippen molar-refractivity contribution >= 4 is 17.5 Å². The van der Waals surface area contributed by atoms with Gasteiger partial charge in [-0.15, -0.1) is 0 Å². The number of hydrogen-bond acceptors (Lipinski definition) is 3. The number of para-hydroxylation sites is 1. The van der Waals surface area contributed by atoms with Crippen molar-refractivity contribution in [1.82, 2.24) is 10.3 Å². The van der Waals surface area contributed by atoms with Crippen molar-refractivity contribution in [1.29, 1.82) is 0 Å². The summed E-state index contributed by atoms with van der Waals surface area (Å²) in [5.74, 6) is 1.95. The summed E-state index contributed by atoms with van der Waals surface area (Å²) in [5, 5.41) is 3.47. The topological polar surface area (TPSA) is 43.8 Å². The Morgan fingerprint density at radius 3 is 2.68 bits per heavy atom. The molecule has 132 valence electrons. The maximum absolute atomic E-state index is 4.59. The van der Waals surface area contributed by atoms with Gasteiger partial charge in [0, 0.05) is 45.1 Å². The highest BCUT2D eigenvalue weighted by atomic mass is 15.3. The van der Waals surface area contributed by atoms with Gasteiger partial charge in [-0.3, -0.25) is 4.99 Å². The molecule has 0 radical (unpaired) electrons. The van der Waals surface area contributed by atoms with Crippen LogP contribution in [0.1, 0.15) is 25.0 Å². The molecule has 2 aromatic rings. The van der Waals surface area contributed by atoms with Crippen LogP contribution >= 0.6 is 0 Å². The second-order valence-electron chi connectivity index (χ2n) is 6.13. The lowest BCUT2D eigenvalue weighted by Crippen LogP contribution is -2.40. The van der Waals surface area contributed by atoms with E-state index in [1.807, 2.05) is 13.2 Å². The van der Waals surface area contributed by atoms with Crippen molar-refractivity contribution in [3.05, 3.63) is 53.7 Å². The lowest BCUT2D eigenvalue weighted by molar-refractivity contribution is 0.834. The first-order valence-corrected chi connectivity index (χ1v) is 9.02. The number of aliphatic imine (C=N–C) groups is 1. The number of anilines is 2. The number of hydrogen-bond donors (Lipinski definition) is 1. The van der Waals surface area contributed by atoms with Crippen LogP contribution < -0.4 is 15.1 Å². The van der Waals surface area contributed by atoms with E-state index in [1.165, 1.54) is 11.3 Å². The molecular weight excluding hydrogens is 310 g/mol. The van der Waals surface area contributed by atoms with Crippen LogP contribution in [0.25, 0.3) is 0 Å². The van der Waals surface area contributed by atoms with Gasteiger partial charge in [0.05, 0.1) is 0 Å². The van der Waals surface area contributed by atoms with Gasteiger partial charge in [0.2, 0.25) is 0 Å². The van der Waals surface area contributed by atoms with Crippen LogP contribution in [0.15, 0.2) is 47.6 Å². The number of benzene rings is 1. The van der Waals surface area contributed by atoms with Crippen LogP contribution in [0.2, 0.25) is 0 Å². The van der Waals surface area contributed by atoms with E-state index in [0.29, 0.717) is 0 Å². The van der Waals surface area contributed by atoms with Gasteiger partial charge in [-0.25, -0.2) is 4.98 Å². The van der Waals surface area contributed by atoms with Crippen molar-refractivity contribution in [2.75, 3.05) is 36.5 Å². The van der Waals surface area contributed by atoms with E-state index in [9.17, 15) is 0 Å². The van der Waals surface area contributed by atoms with Crippen molar-refractivity contribution in [3.8, 4) is 0 Å². The Balaban J connectivity index is 1.64. The quantitative estimate of drug-likeness (QED) is 0.673. The van der Waals surface area contributed by atoms with E-state index in [4.69, 9.17) is 0 Å². The minimum atomic E-state index is 0.719. The average molecular weight is 337 g/mol. The highest BCUT2D eigenvalue weighted by Crippen LogP contribution is 2.27. The third kappa shape index (κ3) is 3.76. The van der Waals surface area contributed by atoms with Crippen molar-refractivity contribution < 1.29 is 0 Å². The number of guanidine groups is 1. The molecule has 0 bridgehead atoms. The average Bonchev–Trinajstić information content (AvgIpc) is 3.09. The van der Waals surface area contributed by atoms with Crippen LogP contribution in [-0.2, 0) is 13.0 Å². The predicted molar refractivity (Wildman–Crippen MR) is 105 cm³/mol. The van der Waals surface area contributed by atoms with Crippen LogP contribution in [-0.4, -0.2) is 37.6 Å². The van der Waals surface area contributed by atoms with Gasteiger partial charge in [0.25, 0.3) is 0 Å². The van der Waals surface area contributed by atoms with E-state index in [0.717, 1.165) is 49.9 Å². The number of nitrogens with zero attached hydrogens (tertiary/aromatic N) is 4. The van der Waals surface area contributed by atoms with Gasteiger partial charge in [-0.1, -0.05) is 24.3 Å². The predicted octanol–water partition coefficient (Wildman–Crippen LogP) is 3.07. The van der Waals surface area contributed by atoms with Crippen LogP contribution in [0.4, 0.5) is 11.5 Å². The standard InChI is InChI=1S/C20H27N5/c1-4-24(5-2)19-11-10-16(14-22-19)15-23-20(21-3)25-13-12-17-8-6-7-9-18(17)25/h6-11,14H,4-5,12-13,15H2,1-3H3,(H,21,23). The summed E-state index contributed by atoms with van der Waals surface area (Å²) in [6, 6.07) is 12.8. The molecule has 0 spiro atoms. The molecule has 0 atom stereocenters. The molecule has 25 heavy (non-hydrogen) atoms. The van der Waals surface area contributed by atoms with E-state index in [1.54, 1.807) is 0 Å². The Morgan fingerprint density at radius 2 is 2.00 bits per heavy atom. The van der Waals surface area contributed by atoms with E-state index >= 15 is 0 Å². The summed E-state index contributed by atoms with van der Waals surface area (Å²) in [6.07, 6.45) is 3.02. The molecule has 0 saturated carbocycles. The van der Waals surface area contributed by atoms with E-state index in [-0.39, 0.29) is 0 Å². The Hall–Kier alpha value is -2.56. The molecule has 1 aliphatic heterocycles. The summed E-state index contributed by atoms with van der Waals surface area (Å²) in [4.78, 5) is 13.6. The lowest BCUT2D eigenvalue weighted by atomic mass is 10.2. The zero-order valence-electron chi connectivity index (χ0n) is 15.4. The molecule has 5 nitrogen and oxygen atoms in total. The number of rotatable bonds is 5. The fourth-order valence-corrected chi connectivity index (χ4v) is 3.29. The van der Waals surface area contributed by atoms with Crippen molar-refractivity contribution in [2.45, 2.75) is 26.8 Å². The molecular formula is C20H27N5. The molecule has 0 fully saturated rings.